The van der Waals surface area contributed by atoms with Crippen LogP contribution in [-0.4, -0.2) is 6.61 Å². The van der Waals surface area contributed by atoms with Crippen molar-refractivity contribution in [3.05, 3.63) is 29.8 Å². The van der Waals surface area contributed by atoms with Crippen LogP contribution in [0.2, 0.25) is 0 Å². The average Bonchev–Trinajstić information content (AvgIpc) is 2.15. The van der Waals surface area contributed by atoms with Crippen LogP contribution in [0, 0.1) is 0 Å². The molecule has 0 fully saturated rings. The molecule has 0 heterocycles. The highest BCUT2D eigenvalue weighted by Crippen LogP contribution is 2.15. The molecule has 0 saturated carbocycles. The van der Waals surface area contributed by atoms with Crippen molar-refractivity contribution in [3.8, 4) is 5.75 Å². The van der Waals surface area contributed by atoms with Gasteiger partial charge in [-0.3, -0.25) is 0 Å². The van der Waals surface area contributed by atoms with Gasteiger partial charge in [-0.05, 0) is 24.1 Å². The Bertz CT molecular complexity index is 235. The fourth-order valence-corrected chi connectivity index (χ4v) is 1.29. The van der Waals surface area contributed by atoms with E-state index in [2.05, 4.69) is 35.0 Å². The lowest BCUT2D eigenvalue weighted by atomic mass is 10.2. The molecule has 0 aliphatic carbocycles. The molecule has 1 rings (SSSR count). The van der Waals surface area contributed by atoms with Crippen molar-refractivity contribution in [1.82, 2.24) is 0 Å². The summed E-state index contributed by atoms with van der Waals surface area (Å²) >= 11 is 3.40. The Balaban J connectivity index is 2.60. The van der Waals surface area contributed by atoms with Crippen LogP contribution in [0.3, 0.4) is 0 Å². The number of hydrogen-bond acceptors (Lipinski definition) is 1. The van der Waals surface area contributed by atoms with Crippen LogP contribution in [-0.2, 0) is 5.33 Å². The Morgan fingerprint density at radius 1 is 1.42 bits per heavy atom. The second-order valence-corrected chi connectivity index (χ2v) is 3.19. The Hall–Kier alpha value is -0.500. The van der Waals surface area contributed by atoms with Crippen molar-refractivity contribution in [1.29, 1.82) is 0 Å². The van der Waals surface area contributed by atoms with E-state index in [0.29, 0.717) is 0 Å². The minimum atomic E-state index is 0.797. The number of halogens is 1. The lowest BCUT2D eigenvalue weighted by Crippen LogP contribution is -1.94. The number of rotatable bonds is 4. The van der Waals surface area contributed by atoms with E-state index in [1.165, 1.54) is 5.56 Å². The van der Waals surface area contributed by atoms with Crippen LogP contribution in [0.4, 0.5) is 0 Å². The zero-order valence-electron chi connectivity index (χ0n) is 7.22. The Labute approximate surface area is 81.9 Å². The Morgan fingerprint density at radius 2 is 2.25 bits per heavy atom. The summed E-state index contributed by atoms with van der Waals surface area (Å²) in [5.41, 5.74) is 1.25. The minimum absolute atomic E-state index is 0.797. The second-order valence-electron chi connectivity index (χ2n) is 2.63. The summed E-state index contributed by atoms with van der Waals surface area (Å²) in [5, 5.41) is 0.885. The van der Waals surface area contributed by atoms with Gasteiger partial charge in [0.15, 0.2) is 0 Å². The summed E-state index contributed by atoms with van der Waals surface area (Å²) in [6.45, 7) is 2.90. The first-order valence-corrected chi connectivity index (χ1v) is 5.26. The van der Waals surface area contributed by atoms with Gasteiger partial charge in [-0.25, -0.2) is 0 Å². The predicted molar refractivity (Wildman–Crippen MR) is 54.9 cm³/mol. The molecule has 0 amide bonds. The highest BCUT2D eigenvalue weighted by Gasteiger charge is 1.93. The topological polar surface area (TPSA) is 9.23 Å². The smallest absolute Gasteiger partial charge is 0.119 e. The van der Waals surface area contributed by atoms with E-state index >= 15 is 0 Å². The van der Waals surface area contributed by atoms with Gasteiger partial charge in [0.1, 0.15) is 5.75 Å². The van der Waals surface area contributed by atoms with E-state index < -0.39 is 0 Å². The first-order chi connectivity index (χ1) is 5.86. The molecule has 0 aliphatic heterocycles. The van der Waals surface area contributed by atoms with Crippen molar-refractivity contribution in [3.63, 3.8) is 0 Å². The molecule has 2 heteroatoms. The van der Waals surface area contributed by atoms with Crippen molar-refractivity contribution in [2.24, 2.45) is 0 Å². The van der Waals surface area contributed by atoms with Crippen LogP contribution in [0.15, 0.2) is 24.3 Å². The van der Waals surface area contributed by atoms with E-state index in [9.17, 15) is 0 Å². The fraction of sp³-hybridized carbons (Fsp3) is 0.400. The quantitative estimate of drug-likeness (QED) is 0.719. The van der Waals surface area contributed by atoms with Gasteiger partial charge in [0.2, 0.25) is 0 Å². The van der Waals surface area contributed by atoms with Gasteiger partial charge >= 0.3 is 0 Å². The van der Waals surface area contributed by atoms with E-state index in [-0.39, 0.29) is 0 Å². The SMILES string of the molecule is CCCOc1cccc(CBr)c1. The van der Waals surface area contributed by atoms with Crippen molar-refractivity contribution in [2.75, 3.05) is 6.61 Å². The summed E-state index contributed by atoms with van der Waals surface area (Å²) in [4.78, 5) is 0. The average molecular weight is 229 g/mol. The monoisotopic (exact) mass is 228 g/mol. The first-order valence-electron chi connectivity index (χ1n) is 4.14. The van der Waals surface area contributed by atoms with Crippen LogP contribution in [0.1, 0.15) is 18.9 Å². The number of ether oxygens (including phenoxy) is 1. The van der Waals surface area contributed by atoms with E-state index in [4.69, 9.17) is 4.74 Å². The molecule has 1 aromatic rings. The summed E-state index contributed by atoms with van der Waals surface area (Å²) < 4.78 is 5.48. The zero-order chi connectivity index (χ0) is 8.81. The van der Waals surface area contributed by atoms with Crippen LogP contribution in [0.5, 0.6) is 5.75 Å². The lowest BCUT2D eigenvalue weighted by Gasteiger charge is -2.04. The third kappa shape index (κ3) is 2.86. The number of alkyl halides is 1. The maximum atomic E-state index is 5.48. The van der Waals surface area contributed by atoms with Crippen molar-refractivity contribution < 1.29 is 4.74 Å². The molecule has 0 N–H and O–H groups in total. The van der Waals surface area contributed by atoms with Crippen LogP contribution < -0.4 is 4.74 Å². The molecule has 0 saturated heterocycles. The first kappa shape index (κ1) is 9.59. The Kier molecular flexibility index (Phi) is 4.15. The van der Waals surface area contributed by atoms with Gasteiger partial charge in [-0.2, -0.15) is 0 Å². The molecule has 12 heavy (non-hydrogen) atoms. The molecule has 0 bridgehead atoms. The van der Waals surface area contributed by atoms with Crippen LogP contribution in [0.25, 0.3) is 0 Å². The normalized spacial score (nSPS) is 9.83. The fourth-order valence-electron chi connectivity index (χ4n) is 0.938. The standard InChI is InChI=1S/C10H13BrO/c1-2-6-12-10-5-3-4-9(7-10)8-11/h3-5,7H,2,6,8H2,1H3. The Morgan fingerprint density at radius 3 is 2.92 bits per heavy atom. The number of hydrogen-bond donors (Lipinski definition) is 0. The molecule has 1 nitrogen and oxygen atoms in total. The highest BCUT2D eigenvalue weighted by atomic mass is 79.9. The van der Waals surface area contributed by atoms with Crippen molar-refractivity contribution >= 4 is 15.9 Å². The maximum Gasteiger partial charge on any atom is 0.119 e. The van der Waals surface area contributed by atoms with Gasteiger partial charge in [0, 0.05) is 5.33 Å². The summed E-state index contributed by atoms with van der Waals surface area (Å²) in [5.74, 6) is 0.966. The van der Waals surface area contributed by atoms with Gasteiger partial charge in [0.25, 0.3) is 0 Å². The summed E-state index contributed by atoms with van der Waals surface area (Å²) in [7, 11) is 0. The largest absolute Gasteiger partial charge is 0.494 e. The molecule has 0 radical (unpaired) electrons. The molecule has 0 atom stereocenters. The van der Waals surface area contributed by atoms with E-state index in [1.807, 2.05) is 12.1 Å². The molecule has 0 aromatic heterocycles. The van der Waals surface area contributed by atoms with Gasteiger partial charge in [0.05, 0.1) is 6.61 Å². The molecular weight excluding hydrogens is 216 g/mol. The second kappa shape index (κ2) is 5.20. The van der Waals surface area contributed by atoms with E-state index in [0.717, 1.165) is 24.1 Å². The molecule has 66 valence electrons. The molecular formula is C10H13BrO. The molecule has 1 aromatic carbocycles. The third-order valence-electron chi connectivity index (χ3n) is 1.53. The summed E-state index contributed by atoms with van der Waals surface area (Å²) in [6.07, 6.45) is 1.05. The third-order valence-corrected chi connectivity index (χ3v) is 2.17. The van der Waals surface area contributed by atoms with Gasteiger partial charge < -0.3 is 4.74 Å². The number of benzene rings is 1. The zero-order valence-corrected chi connectivity index (χ0v) is 8.80. The predicted octanol–water partition coefficient (Wildman–Crippen LogP) is 3.37. The molecule has 0 spiro atoms. The molecule has 0 aliphatic rings. The van der Waals surface area contributed by atoms with Crippen molar-refractivity contribution in [2.45, 2.75) is 18.7 Å². The maximum absolute atomic E-state index is 5.48. The van der Waals surface area contributed by atoms with Gasteiger partial charge in [-0.1, -0.05) is 35.0 Å². The van der Waals surface area contributed by atoms with Crippen LogP contribution >= 0.6 is 15.9 Å². The van der Waals surface area contributed by atoms with E-state index in [1.54, 1.807) is 0 Å². The summed E-state index contributed by atoms with van der Waals surface area (Å²) in [6, 6.07) is 8.14. The lowest BCUT2D eigenvalue weighted by molar-refractivity contribution is 0.317. The molecule has 0 unspecified atom stereocenters. The van der Waals surface area contributed by atoms with Gasteiger partial charge in [-0.15, -0.1) is 0 Å². The highest BCUT2D eigenvalue weighted by molar-refractivity contribution is 9.08. The minimum Gasteiger partial charge on any atom is -0.494 e.